The highest BCUT2D eigenvalue weighted by Gasteiger charge is 2.14. The molecule has 0 unspecified atom stereocenters. The Kier molecular flexibility index (Phi) is 5.79. The summed E-state index contributed by atoms with van der Waals surface area (Å²) in [4.78, 5) is 22.5. The first-order valence-corrected chi connectivity index (χ1v) is 5.73. The first-order chi connectivity index (χ1) is 8.24. The molecule has 4 heteroatoms. The minimum Gasteiger partial charge on any atom is -0.454 e. The average Bonchev–Trinajstić information content (AvgIpc) is 2.37. The zero-order valence-corrected chi connectivity index (χ0v) is 9.94. The normalized spacial score (nSPS) is 9.71. The lowest BCUT2D eigenvalue weighted by Crippen LogP contribution is -2.33. The molecule has 1 aromatic rings. The van der Waals surface area contributed by atoms with Crippen molar-refractivity contribution in [3.05, 3.63) is 35.9 Å². The van der Waals surface area contributed by atoms with Gasteiger partial charge in [0, 0.05) is 6.54 Å². The van der Waals surface area contributed by atoms with Crippen molar-refractivity contribution in [2.45, 2.75) is 26.4 Å². The van der Waals surface area contributed by atoms with Crippen LogP contribution in [0.15, 0.2) is 30.3 Å². The van der Waals surface area contributed by atoms with E-state index in [9.17, 15) is 9.59 Å². The third kappa shape index (κ3) is 5.15. The van der Waals surface area contributed by atoms with E-state index in [1.54, 1.807) is 0 Å². The molecule has 0 heterocycles. The average molecular weight is 235 g/mol. The highest BCUT2D eigenvalue weighted by molar-refractivity contribution is 6.32. The molecule has 1 amide bonds. The van der Waals surface area contributed by atoms with Crippen LogP contribution in [0.4, 0.5) is 0 Å². The van der Waals surface area contributed by atoms with Crippen molar-refractivity contribution in [1.82, 2.24) is 5.32 Å². The molecule has 0 fully saturated rings. The summed E-state index contributed by atoms with van der Waals surface area (Å²) in [7, 11) is 0. The van der Waals surface area contributed by atoms with E-state index < -0.39 is 11.9 Å². The molecule has 0 bridgehead atoms. The quantitative estimate of drug-likeness (QED) is 0.479. The number of carbonyl (C=O) groups is 2. The number of carbonyl (C=O) groups excluding carboxylic acids is 2. The molecule has 0 atom stereocenters. The van der Waals surface area contributed by atoms with Crippen LogP contribution in [0.1, 0.15) is 25.3 Å². The summed E-state index contributed by atoms with van der Waals surface area (Å²) >= 11 is 0. The van der Waals surface area contributed by atoms with Crippen molar-refractivity contribution in [2.24, 2.45) is 0 Å². The molecule has 1 aromatic carbocycles. The first-order valence-electron chi connectivity index (χ1n) is 5.73. The fourth-order valence-electron chi connectivity index (χ4n) is 1.24. The van der Waals surface area contributed by atoms with Gasteiger partial charge in [-0.15, -0.1) is 0 Å². The van der Waals surface area contributed by atoms with Crippen LogP contribution in [0.2, 0.25) is 0 Å². The number of rotatable bonds is 5. The summed E-state index contributed by atoms with van der Waals surface area (Å²) in [5, 5.41) is 2.51. The lowest BCUT2D eigenvalue weighted by molar-refractivity contribution is -0.155. The van der Waals surface area contributed by atoms with Gasteiger partial charge in [-0.2, -0.15) is 0 Å². The number of amides is 1. The van der Waals surface area contributed by atoms with Crippen molar-refractivity contribution < 1.29 is 14.3 Å². The molecule has 0 aliphatic carbocycles. The maximum atomic E-state index is 11.3. The molecule has 0 radical (unpaired) electrons. The maximum absolute atomic E-state index is 11.3. The van der Waals surface area contributed by atoms with Crippen LogP contribution in [0.5, 0.6) is 0 Å². The predicted molar refractivity (Wildman–Crippen MR) is 64.2 cm³/mol. The molecule has 0 aliphatic heterocycles. The summed E-state index contributed by atoms with van der Waals surface area (Å²) in [5.41, 5.74) is 0.863. The Bertz CT molecular complexity index is 362. The Hall–Kier alpha value is -1.84. The van der Waals surface area contributed by atoms with Gasteiger partial charge in [-0.1, -0.05) is 43.7 Å². The van der Waals surface area contributed by atoms with Crippen LogP contribution >= 0.6 is 0 Å². The molecule has 17 heavy (non-hydrogen) atoms. The Morgan fingerprint density at radius 3 is 2.59 bits per heavy atom. The molecule has 0 saturated carbocycles. The lowest BCUT2D eigenvalue weighted by atomic mass is 10.2. The van der Waals surface area contributed by atoms with Crippen molar-refractivity contribution in [2.75, 3.05) is 6.54 Å². The number of ether oxygens (including phenoxy) is 1. The van der Waals surface area contributed by atoms with E-state index in [1.807, 2.05) is 37.3 Å². The summed E-state index contributed by atoms with van der Waals surface area (Å²) < 4.78 is 4.87. The fraction of sp³-hybridized carbons (Fsp3) is 0.385. The van der Waals surface area contributed by atoms with Gasteiger partial charge in [0.2, 0.25) is 0 Å². The molecule has 0 saturated heterocycles. The lowest BCUT2D eigenvalue weighted by Gasteiger charge is -2.05. The van der Waals surface area contributed by atoms with Crippen LogP contribution in [0.25, 0.3) is 0 Å². The minimum absolute atomic E-state index is 0.126. The largest absolute Gasteiger partial charge is 0.454 e. The SMILES string of the molecule is CCCCNC(=O)C(=O)OCc1ccccc1. The van der Waals surface area contributed by atoms with E-state index in [-0.39, 0.29) is 6.61 Å². The number of unbranched alkanes of at least 4 members (excludes halogenated alkanes) is 1. The number of hydrogen-bond donors (Lipinski definition) is 1. The molecular formula is C13H17NO3. The summed E-state index contributed by atoms with van der Waals surface area (Å²) in [6.45, 7) is 2.65. The van der Waals surface area contributed by atoms with Gasteiger partial charge in [0.25, 0.3) is 0 Å². The van der Waals surface area contributed by atoms with Gasteiger partial charge >= 0.3 is 11.9 Å². The monoisotopic (exact) mass is 235 g/mol. The molecule has 92 valence electrons. The fourth-order valence-corrected chi connectivity index (χ4v) is 1.24. The van der Waals surface area contributed by atoms with Gasteiger partial charge in [-0.05, 0) is 12.0 Å². The topological polar surface area (TPSA) is 55.4 Å². The first kappa shape index (κ1) is 13.2. The Balaban J connectivity index is 2.27. The summed E-state index contributed by atoms with van der Waals surface area (Å²) in [5.74, 6) is -1.50. The molecule has 0 spiro atoms. The van der Waals surface area contributed by atoms with Crippen LogP contribution < -0.4 is 5.32 Å². The summed E-state index contributed by atoms with van der Waals surface area (Å²) in [6, 6.07) is 9.25. The second-order valence-corrected chi connectivity index (χ2v) is 3.67. The maximum Gasteiger partial charge on any atom is 0.397 e. The standard InChI is InChI=1S/C13H17NO3/c1-2-3-9-14-12(15)13(16)17-10-11-7-5-4-6-8-11/h4-8H,2-3,9-10H2,1H3,(H,14,15). The third-order valence-corrected chi connectivity index (χ3v) is 2.21. The smallest absolute Gasteiger partial charge is 0.397 e. The van der Waals surface area contributed by atoms with Gasteiger partial charge < -0.3 is 10.1 Å². The van der Waals surface area contributed by atoms with E-state index in [0.29, 0.717) is 6.54 Å². The number of hydrogen-bond acceptors (Lipinski definition) is 3. The van der Waals surface area contributed by atoms with Gasteiger partial charge in [0.05, 0.1) is 0 Å². The van der Waals surface area contributed by atoms with E-state index in [1.165, 1.54) is 0 Å². The zero-order valence-electron chi connectivity index (χ0n) is 9.94. The highest BCUT2D eigenvalue weighted by Crippen LogP contribution is 2.00. The highest BCUT2D eigenvalue weighted by atomic mass is 16.5. The van der Waals surface area contributed by atoms with Crippen LogP contribution in [0.3, 0.4) is 0 Å². The van der Waals surface area contributed by atoms with Gasteiger partial charge in [-0.25, -0.2) is 4.79 Å². The van der Waals surface area contributed by atoms with Crippen LogP contribution in [-0.2, 0) is 20.9 Å². The molecular weight excluding hydrogens is 218 g/mol. The Labute approximate surface area is 101 Å². The van der Waals surface area contributed by atoms with E-state index in [4.69, 9.17) is 4.74 Å². The molecule has 4 nitrogen and oxygen atoms in total. The van der Waals surface area contributed by atoms with Crippen molar-refractivity contribution >= 4 is 11.9 Å². The van der Waals surface area contributed by atoms with Crippen LogP contribution in [-0.4, -0.2) is 18.4 Å². The number of esters is 1. The van der Waals surface area contributed by atoms with Crippen molar-refractivity contribution in [1.29, 1.82) is 0 Å². The minimum atomic E-state index is -0.829. The zero-order chi connectivity index (χ0) is 12.5. The second kappa shape index (κ2) is 7.44. The predicted octanol–water partition coefficient (Wildman–Crippen LogP) is 1.65. The molecule has 1 N–H and O–H groups in total. The Morgan fingerprint density at radius 2 is 1.94 bits per heavy atom. The number of benzene rings is 1. The number of nitrogens with one attached hydrogen (secondary N) is 1. The third-order valence-electron chi connectivity index (χ3n) is 2.21. The van der Waals surface area contributed by atoms with Gasteiger partial charge in [0.15, 0.2) is 0 Å². The Morgan fingerprint density at radius 1 is 1.24 bits per heavy atom. The van der Waals surface area contributed by atoms with E-state index in [2.05, 4.69) is 5.32 Å². The molecule has 1 rings (SSSR count). The van der Waals surface area contributed by atoms with Crippen molar-refractivity contribution in [3.63, 3.8) is 0 Å². The molecule has 0 aromatic heterocycles. The van der Waals surface area contributed by atoms with Gasteiger partial charge in [0.1, 0.15) is 6.61 Å². The van der Waals surface area contributed by atoms with E-state index >= 15 is 0 Å². The second-order valence-electron chi connectivity index (χ2n) is 3.67. The molecule has 0 aliphatic rings. The van der Waals surface area contributed by atoms with Crippen LogP contribution in [0, 0.1) is 0 Å². The van der Waals surface area contributed by atoms with E-state index in [0.717, 1.165) is 18.4 Å². The summed E-state index contributed by atoms with van der Waals surface area (Å²) in [6.07, 6.45) is 1.83. The van der Waals surface area contributed by atoms with Crippen molar-refractivity contribution in [3.8, 4) is 0 Å². The van der Waals surface area contributed by atoms with Gasteiger partial charge in [-0.3, -0.25) is 4.79 Å².